The van der Waals surface area contributed by atoms with Crippen molar-refractivity contribution in [2.75, 3.05) is 0 Å². The number of hydrogen-bond donors (Lipinski definition) is 0. The topological polar surface area (TPSA) is 0 Å². The van der Waals surface area contributed by atoms with E-state index in [0.717, 1.165) is 25.7 Å². The van der Waals surface area contributed by atoms with Crippen LogP contribution in [0.5, 0.6) is 0 Å². The summed E-state index contributed by atoms with van der Waals surface area (Å²) in [6.45, 7) is 2.04. The fourth-order valence-electron chi connectivity index (χ4n) is 6.10. The highest BCUT2D eigenvalue weighted by Crippen LogP contribution is 2.71. The summed E-state index contributed by atoms with van der Waals surface area (Å²) in [5.41, 5.74) is -2.41. The molecular formula is C21H33F6P. The Hall–Kier alpha value is 0.01000. The van der Waals surface area contributed by atoms with Gasteiger partial charge >= 0.3 is 12.4 Å². The SMILES string of the molecule is CC1(P(C2CCCCC2)C2CCCCC2)CCC(C(F)(F)F)(C(F)(F)F)CC1. The second kappa shape index (κ2) is 8.27. The predicted octanol–water partition coefficient (Wildman–Crippen LogP) is 8.58. The van der Waals surface area contributed by atoms with E-state index in [4.69, 9.17) is 0 Å². The minimum atomic E-state index is -5.22. The molecule has 0 heterocycles. The summed E-state index contributed by atoms with van der Waals surface area (Å²) in [4.78, 5) is 0. The summed E-state index contributed by atoms with van der Waals surface area (Å²) >= 11 is 0. The average molecular weight is 430 g/mol. The van der Waals surface area contributed by atoms with Gasteiger partial charge in [0.1, 0.15) is 0 Å². The quantitative estimate of drug-likeness (QED) is 0.311. The van der Waals surface area contributed by atoms with Gasteiger partial charge in [-0.15, -0.1) is 0 Å². The Labute approximate surface area is 166 Å². The highest BCUT2D eigenvalue weighted by molar-refractivity contribution is 7.60. The summed E-state index contributed by atoms with van der Waals surface area (Å²) in [6.07, 6.45) is -0.245. The maximum atomic E-state index is 13.5. The molecule has 0 aromatic heterocycles. The molecular weight excluding hydrogens is 397 g/mol. The summed E-state index contributed by atoms with van der Waals surface area (Å²) in [7, 11) is -0.545. The lowest BCUT2D eigenvalue weighted by Crippen LogP contribution is -2.54. The van der Waals surface area contributed by atoms with Gasteiger partial charge in [-0.3, -0.25) is 0 Å². The first kappa shape index (κ1) is 22.7. The molecule has 3 aliphatic carbocycles. The van der Waals surface area contributed by atoms with Crippen molar-refractivity contribution in [3.63, 3.8) is 0 Å². The molecule has 0 N–H and O–H groups in total. The van der Waals surface area contributed by atoms with Crippen molar-refractivity contribution in [3.05, 3.63) is 0 Å². The second-order valence-electron chi connectivity index (χ2n) is 9.57. The predicted molar refractivity (Wildman–Crippen MR) is 102 cm³/mol. The minimum absolute atomic E-state index is 0.0741. The van der Waals surface area contributed by atoms with Crippen LogP contribution in [0.25, 0.3) is 0 Å². The molecule has 0 aromatic carbocycles. The van der Waals surface area contributed by atoms with E-state index in [1.807, 2.05) is 6.92 Å². The number of alkyl halides is 6. The van der Waals surface area contributed by atoms with Crippen LogP contribution in [0.4, 0.5) is 26.3 Å². The smallest absolute Gasteiger partial charge is 0.170 e. The molecule has 3 saturated carbocycles. The molecule has 0 spiro atoms. The molecule has 3 fully saturated rings. The van der Waals surface area contributed by atoms with E-state index in [-0.39, 0.29) is 18.0 Å². The molecule has 28 heavy (non-hydrogen) atoms. The first-order chi connectivity index (χ1) is 13.0. The van der Waals surface area contributed by atoms with Crippen molar-refractivity contribution in [2.45, 2.75) is 126 Å². The monoisotopic (exact) mass is 430 g/mol. The molecule has 0 amide bonds. The molecule has 0 nitrogen and oxygen atoms in total. The first-order valence-electron chi connectivity index (χ1n) is 10.9. The van der Waals surface area contributed by atoms with E-state index in [0.29, 0.717) is 11.3 Å². The molecule has 3 rings (SSSR count). The maximum Gasteiger partial charge on any atom is 0.403 e. The summed E-state index contributed by atoms with van der Waals surface area (Å²) in [5, 5.41) is -0.334. The third-order valence-corrected chi connectivity index (χ3v) is 12.1. The second-order valence-corrected chi connectivity index (χ2v) is 12.9. The van der Waals surface area contributed by atoms with Crippen LogP contribution in [0.15, 0.2) is 0 Å². The van der Waals surface area contributed by atoms with E-state index in [9.17, 15) is 26.3 Å². The first-order valence-corrected chi connectivity index (χ1v) is 12.4. The van der Waals surface area contributed by atoms with Gasteiger partial charge in [0.05, 0.1) is 0 Å². The van der Waals surface area contributed by atoms with Gasteiger partial charge in [0.2, 0.25) is 0 Å². The molecule has 0 bridgehead atoms. The molecule has 0 aromatic rings. The molecule has 7 heteroatoms. The Morgan fingerprint density at radius 3 is 1.29 bits per heavy atom. The highest BCUT2D eigenvalue weighted by atomic mass is 31.1. The minimum Gasteiger partial charge on any atom is -0.170 e. The molecule has 0 aliphatic heterocycles. The van der Waals surface area contributed by atoms with Crippen LogP contribution in [-0.2, 0) is 0 Å². The molecule has 3 aliphatic rings. The van der Waals surface area contributed by atoms with Crippen molar-refractivity contribution in [3.8, 4) is 0 Å². The zero-order chi connectivity index (χ0) is 20.6. The largest absolute Gasteiger partial charge is 0.403 e. The van der Waals surface area contributed by atoms with E-state index in [2.05, 4.69) is 0 Å². The van der Waals surface area contributed by atoms with Crippen LogP contribution in [0.3, 0.4) is 0 Å². The van der Waals surface area contributed by atoms with E-state index in [1.165, 1.54) is 38.5 Å². The zero-order valence-electron chi connectivity index (χ0n) is 16.8. The molecule has 0 radical (unpaired) electrons. The van der Waals surface area contributed by atoms with E-state index in [1.54, 1.807) is 0 Å². The standard InChI is InChI=1S/C21H33F6P/c1-18(12-14-19(15-13-18,20(22,23)24)21(25,26)27)28(16-8-4-2-5-9-16)17-10-6-3-7-11-17/h16-17H,2-15H2,1H3. The normalized spacial score (nSPS) is 27.9. The van der Waals surface area contributed by atoms with Crippen molar-refractivity contribution >= 4 is 7.92 Å². The lowest BCUT2D eigenvalue weighted by molar-refractivity contribution is -0.350. The van der Waals surface area contributed by atoms with Gasteiger partial charge in [-0.25, -0.2) is 0 Å². The van der Waals surface area contributed by atoms with Crippen LogP contribution in [0.2, 0.25) is 0 Å². The fraction of sp³-hybridized carbons (Fsp3) is 1.00. The van der Waals surface area contributed by atoms with Gasteiger partial charge in [-0.1, -0.05) is 53.4 Å². The Kier molecular flexibility index (Phi) is 6.70. The number of halogens is 6. The summed E-state index contributed by atoms with van der Waals surface area (Å²) < 4.78 is 81.2. The lowest BCUT2D eigenvalue weighted by Gasteiger charge is -2.54. The van der Waals surface area contributed by atoms with Crippen molar-refractivity contribution in [2.24, 2.45) is 5.41 Å². The average Bonchev–Trinajstić information content (AvgIpc) is 2.62. The molecule has 0 saturated heterocycles. The molecule has 164 valence electrons. The van der Waals surface area contributed by atoms with Crippen molar-refractivity contribution in [1.82, 2.24) is 0 Å². The van der Waals surface area contributed by atoms with Gasteiger partial charge in [-0.05, 0) is 67.8 Å². The fourth-order valence-corrected chi connectivity index (χ4v) is 11.0. The van der Waals surface area contributed by atoms with Crippen LogP contribution >= 0.6 is 7.92 Å². The third-order valence-electron chi connectivity index (χ3n) is 7.83. The van der Waals surface area contributed by atoms with Crippen molar-refractivity contribution in [1.29, 1.82) is 0 Å². The zero-order valence-corrected chi connectivity index (χ0v) is 17.7. The van der Waals surface area contributed by atoms with Crippen LogP contribution in [0, 0.1) is 5.41 Å². The lowest BCUT2D eigenvalue weighted by atomic mass is 9.69. The van der Waals surface area contributed by atoms with Crippen molar-refractivity contribution < 1.29 is 26.3 Å². The Morgan fingerprint density at radius 1 is 0.607 bits per heavy atom. The molecule has 0 atom stereocenters. The van der Waals surface area contributed by atoms with E-state index < -0.39 is 38.5 Å². The van der Waals surface area contributed by atoms with Crippen LogP contribution in [0.1, 0.15) is 96.8 Å². The van der Waals surface area contributed by atoms with Gasteiger partial charge < -0.3 is 0 Å². The summed E-state index contributed by atoms with van der Waals surface area (Å²) in [6, 6.07) is 0. The van der Waals surface area contributed by atoms with Crippen LogP contribution < -0.4 is 0 Å². The van der Waals surface area contributed by atoms with Gasteiger partial charge in [0.15, 0.2) is 5.41 Å². The van der Waals surface area contributed by atoms with Gasteiger partial charge in [0.25, 0.3) is 0 Å². The third kappa shape index (κ3) is 4.23. The van der Waals surface area contributed by atoms with Gasteiger partial charge in [-0.2, -0.15) is 26.3 Å². The number of rotatable bonds is 3. The Balaban J connectivity index is 1.85. The Morgan fingerprint density at radius 2 is 0.964 bits per heavy atom. The Bertz CT molecular complexity index is 472. The van der Waals surface area contributed by atoms with Gasteiger partial charge in [0, 0.05) is 0 Å². The highest BCUT2D eigenvalue weighted by Gasteiger charge is 2.71. The maximum absolute atomic E-state index is 13.5. The van der Waals surface area contributed by atoms with E-state index >= 15 is 0 Å². The van der Waals surface area contributed by atoms with Crippen LogP contribution in [-0.4, -0.2) is 28.8 Å². The summed E-state index contributed by atoms with van der Waals surface area (Å²) in [5.74, 6) is 0. The number of hydrogen-bond acceptors (Lipinski definition) is 0. The molecule has 0 unspecified atom stereocenters.